The van der Waals surface area contributed by atoms with Crippen molar-refractivity contribution in [3.63, 3.8) is 0 Å². The van der Waals surface area contributed by atoms with E-state index >= 15 is 0 Å². The van der Waals surface area contributed by atoms with Crippen LogP contribution in [0, 0.1) is 0 Å². The van der Waals surface area contributed by atoms with Gasteiger partial charge in [-0.2, -0.15) is 0 Å². The maximum Gasteiger partial charge on any atom is 0.310 e. The van der Waals surface area contributed by atoms with Crippen LogP contribution >= 0.6 is 11.6 Å². The van der Waals surface area contributed by atoms with Gasteiger partial charge in [-0.1, -0.05) is 23.7 Å². The molecule has 0 saturated carbocycles. The SMILES string of the molecule is CNC(=O)CNC(=O)COC(=O)Cc1ccc(Cl)cc1. The van der Waals surface area contributed by atoms with E-state index in [4.69, 9.17) is 16.3 Å². The van der Waals surface area contributed by atoms with E-state index in [-0.39, 0.29) is 18.9 Å². The third-order valence-electron chi connectivity index (χ3n) is 2.35. The second-order valence-corrected chi connectivity index (χ2v) is 4.35. The summed E-state index contributed by atoms with van der Waals surface area (Å²) in [6.45, 7) is -0.562. The molecule has 0 unspecified atom stereocenters. The smallest absolute Gasteiger partial charge is 0.310 e. The average Bonchev–Trinajstić information content (AvgIpc) is 2.45. The summed E-state index contributed by atoms with van der Waals surface area (Å²) >= 11 is 5.72. The Bertz CT molecular complexity index is 488. The number of hydrogen-bond acceptors (Lipinski definition) is 4. The number of hydrogen-bond donors (Lipinski definition) is 2. The van der Waals surface area contributed by atoms with Crippen LogP contribution in [0.15, 0.2) is 24.3 Å². The Labute approximate surface area is 121 Å². The lowest BCUT2D eigenvalue weighted by molar-refractivity contribution is -0.147. The molecule has 2 amide bonds. The molecule has 2 N–H and O–H groups in total. The predicted octanol–water partition coefficient (Wildman–Crippen LogP) is 0.288. The fraction of sp³-hybridized carbons (Fsp3) is 0.308. The van der Waals surface area contributed by atoms with Gasteiger partial charge in [0.25, 0.3) is 5.91 Å². The molecule has 6 nitrogen and oxygen atoms in total. The Kier molecular flexibility index (Phi) is 6.52. The van der Waals surface area contributed by atoms with E-state index in [0.29, 0.717) is 5.02 Å². The highest BCUT2D eigenvalue weighted by atomic mass is 35.5. The van der Waals surface area contributed by atoms with E-state index < -0.39 is 18.5 Å². The number of nitrogens with one attached hydrogen (secondary N) is 2. The van der Waals surface area contributed by atoms with E-state index in [1.165, 1.54) is 7.05 Å². The molecule has 0 aromatic heterocycles. The van der Waals surface area contributed by atoms with Crippen LogP contribution in [0.5, 0.6) is 0 Å². The topological polar surface area (TPSA) is 84.5 Å². The zero-order chi connectivity index (χ0) is 15.0. The summed E-state index contributed by atoms with van der Waals surface area (Å²) in [6, 6.07) is 6.74. The summed E-state index contributed by atoms with van der Waals surface area (Å²) in [6.07, 6.45) is 0.0555. The zero-order valence-electron chi connectivity index (χ0n) is 10.9. The molecule has 0 spiro atoms. The molecule has 7 heteroatoms. The molecule has 0 aliphatic carbocycles. The molecule has 108 valence electrons. The monoisotopic (exact) mass is 298 g/mol. The van der Waals surface area contributed by atoms with Gasteiger partial charge >= 0.3 is 5.97 Å². The van der Waals surface area contributed by atoms with Crippen LogP contribution in [0.3, 0.4) is 0 Å². The molecular weight excluding hydrogens is 284 g/mol. The maximum atomic E-state index is 11.5. The lowest BCUT2D eigenvalue weighted by atomic mass is 10.1. The molecule has 1 aromatic carbocycles. The van der Waals surface area contributed by atoms with Gasteiger partial charge in [-0.3, -0.25) is 14.4 Å². The number of carbonyl (C=O) groups is 3. The van der Waals surface area contributed by atoms with Gasteiger partial charge in [0.15, 0.2) is 6.61 Å². The van der Waals surface area contributed by atoms with Crippen molar-refractivity contribution in [3.8, 4) is 0 Å². The standard InChI is InChI=1S/C13H15ClN2O4/c1-15-11(17)7-16-12(18)8-20-13(19)6-9-2-4-10(14)5-3-9/h2-5H,6-8H2,1H3,(H,15,17)(H,16,18). The van der Waals surface area contributed by atoms with E-state index in [1.54, 1.807) is 24.3 Å². The van der Waals surface area contributed by atoms with Crippen molar-refractivity contribution in [2.45, 2.75) is 6.42 Å². The Morgan fingerprint density at radius 1 is 1.15 bits per heavy atom. The first-order valence-electron chi connectivity index (χ1n) is 5.88. The first-order chi connectivity index (χ1) is 9.51. The summed E-state index contributed by atoms with van der Waals surface area (Å²) < 4.78 is 4.79. The minimum Gasteiger partial charge on any atom is -0.455 e. The highest BCUT2D eigenvalue weighted by Crippen LogP contribution is 2.10. The highest BCUT2D eigenvalue weighted by molar-refractivity contribution is 6.30. The zero-order valence-corrected chi connectivity index (χ0v) is 11.7. The minimum atomic E-state index is -0.530. The quantitative estimate of drug-likeness (QED) is 0.739. The summed E-state index contributed by atoms with van der Waals surface area (Å²) in [7, 11) is 1.46. The van der Waals surface area contributed by atoms with Gasteiger partial charge < -0.3 is 15.4 Å². The molecule has 0 aliphatic rings. The lowest BCUT2D eigenvalue weighted by Gasteiger charge is -2.06. The molecule has 0 bridgehead atoms. The van der Waals surface area contributed by atoms with Crippen LogP contribution in [-0.2, 0) is 25.5 Å². The molecule has 0 atom stereocenters. The number of esters is 1. The van der Waals surface area contributed by atoms with Crippen molar-refractivity contribution in [2.75, 3.05) is 20.2 Å². The van der Waals surface area contributed by atoms with Crippen LogP contribution in [0.1, 0.15) is 5.56 Å². The normalized spacial score (nSPS) is 9.70. The van der Waals surface area contributed by atoms with Crippen LogP contribution < -0.4 is 10.6 Å². The molecule has 0 heterocycles. The van der Waals surface area contributed by atoms with E-state index in [0.717, 1.165) is 5.56 Å². The van der Waals surface area contributed by atoms with Gasteiger partial charge in [-0.15, -0.1) is 0 Å². The first kappa shape index (κ1) is 16.0. The van der Waals surface area contributed by atoms with Gasteiger partial charge in [0.05, 0.1) is 13.0 Å². The molecule has 20 heavy (non-hydrogen) atoms. The van der Waals surface area contributed by atoms with Crippen LogP contribution in [0.4, 0.5) is 0 Å². The van der Waals surface area contributed by atoms with Gasteiger partial charge in [0.1, 0.15) is 0 Å². The summed E-state index contributed by atoms with van der Waals surface area (Å²) in [5.41, 5.74) is 0.741. The second kappa shape index (κ2) is 8.16. The number of ether oxygens (including phenoxy) is 1. The number of benzene rings is 1. The van der Waals surface area contributed by atoms with E-state index in [2.05, 4.69) is 10.6 Å². The molecule has 0 saturated heterocycles. The Morgan fingerprint density at radius 2 is 1.80 bits per heavy atom. The van der Waals surface area contributed by atoms with Crippen molar-refractivity contribution < 1.29 is 19.1 Å². The van der Waals surface area contributed by atoms with Crippen LogP contribution in [0.25, 0.3) is 0 Å². The van der Waals surface area contributed by atoms with Gasteiger partial charge in [0, 0.05) is 12.1 Å². The highest BCUT2D eigenvalue weighted by Gasteiger charge is 2.09. The largest absolute Gasteiger partial charge is 0.455 e. The maximum absolute atomic E-state index is 11.5. The number of likely N-dealkylation sites (N-methyl/N-ethyl adjacent to an activating group) is 1. The molecule has 0 aliphatic heterocycles. The number of halogens is 1. The average molecular weight is 299 g/mol. The molecule has 1 aromatic rings. The summed E-state index contributed by atoms with van der Waals surface area (Å²) in [4.78, 5) is 33.6. The van der Waals surface area contributed by atoms with E-state index in [9.17, 15) is 14.4 Å². The van der Waals surface area contributed by atoms with Gasteiger partial charge in [-0.25, -0.2) is 0 Å². The van der Waals surface area contributed by atoms with Crippen LogP contribution in [-0.4, -0.2) is 38.0 Å². The third kappa shape index (κ3) is 6.19. The Morgan fingerprint density at radius 3 is 2.40 bits per heavy atom. The second-order valence-electron chi connectivity index (χ2n) is 3.91. The fourth-order valence-electron chi connectivity index (χ4n) is 1.28. The van der Waals surface area contributed by atoms with Crippen molar-refractivity contribution in [3.05, 3.63) is 34.9 Å². The molecule has 0 radical (unpaired) electrons. The number of rotatable bonds is 6. The Hall–Kier alpha value is -2.08. The summed E-state index contributed by atoms with van der Waals surface area (Å²) in [5.74, 6) is -1.38. The minimum absolute atomic E-state index is 0.0555. The van der Waals surface area contributed by atoms with Crippen molar-refractivity contribution in [1.82, 2.24) is 10.6 Å². The van der Waals surface area contributed by atoms with E-state index in [1.807, 2.05) is 0 Å². The Balaban J connectivity index is 2.27. The molecular formula is C13H15ClN2O4. The summed E-state index contributed by atoms with van der Waals surface area (Å²) in [5, 5.41) is 5.24. The van der Waals surface area contributed by atoms with Crippen LogP contribution in [0.2, 0.25) is 5.02 Å². The van der Waals surface area contributed by atoms with Gasteiger partial charge in [-0.05, 0) is 17.7 Å². The van der Waals surface area contributed by atoms with Crippen molar-refractivity contribution >= 4 is 29.4 Å². The molecule has 0 fully saturated rings. The van der Waals surface area contributed by atoms with Crippen molar-refractivity contribution in [1.29, 1.82) is 0 Å². The number of carbonyl (C=O) groups excluding carboxylic acids is 3. The first-order valence-corrected chi connectivity index (χ1v) is 6.26. The predicted molar refractivity (Wildman–Crippen MR) is 73.2 cm³/mol. The number of amides is 2. The molecule has 1 rings (SSSR count). The van der Waals surface area contributed by atoms with Gasteiger partial charge in [0.2, 0.25) is 5.91 Å². The lowest BCUT2D eigenvalue weighted by Crippen LogP contribution is -2.37. The third-order valence-corrected chi connectivity index (χ3v) is 2.60. The van der Waals surface area contributed by atoms with Crippen molar-refractivity contribution in [2.24, 2.45) is 0 Å². The fourth-order valence-corrected chi connectivity index (χ4v) is 1.41.